The van der Waals surface area contributed by atoms with E-state index in [1.54, 1.807) is 7.11 Å². The fourth-order valence-corrected chi connectivity index (χ4v) is 12.9. The van der Waals surface area contributed by atoms with Crippen molar-refractivity contribution in [1.82, 2.24) is 10.6 Å². The molecule has 7 aliphatic rings. The van der Waals surface area contributed by atoms with Crippen molar-refractivity contribution in [2.24, 2.45) is 64.4 Å². The minimum atomic E-state index is -1.04. The Balaban J connectivity index is 1.02. The van der Waals surface area contributed by atoms with Crippen LogP contribution in [0.4, 0.5) is 0 Å². The second-order valence-electron chi connectivity index (χ2n) is 20.2. The first-order valence-electron chi connectivity index (χ1n) is 23.7. The number of aliphatic hydroxyl groups is 3. The first kappa shape index (κ1) is 43.4. The van der Waals surface area contributed by atoms with Crippen LogP contribution in [0.1, 0.15) is 148 Å². The number of hydrogen-bond acceptors (Lipinski definition) is 9. The van der Waals surface area contributed by atoms with Gasteiger partial charge in [-0.1, -0.05) is 49.7 Å². The quantitative estimate of drug-likeness (QED) is 0.100. The van der Waals surface area contributed by atoms with Crippen LogP contribution in [0.15, 0.2) is 12.2 Å². The van der Waals surface area contributed by atoms with Crippen molar-refractivity contribution in [2.45, 2.75) is 184 Å². The van der Waals surface area contributed by atoms with Gasteiger partial charge in [-0.25, -0.2) is 0 Å². The molecule has 2 heterocycles. The van der Waals surface area contributed by atoms with Crippen LogP contribution < -0.4 is 16.4 Å². The summed E-state index contributed by atoms with van der Waals surface area (Å²) in [5, 5.41) is 42.0. The molecule has 0 bridgehead atoms. The zero-order valence-corrected chi connectivity index (χ0v) is 35.1. The Kier molecular flexibility index (Phi) is 15.5. The first-order valence-corrected chi connectivity index (χ1v) is 23.7. The van der Waals surface area contributed by atoms with Crippen molar-refractivity contribution in [1.29, 1.82) is 0 Å². The highest BCUT2D eigenvalue weighted by atomic mass is 16.5. The average molecular weight is 792 g/mol. The summed E-state index contributed by atoms with van der Waals surface area (Å²) in [7, 11) is 1.67. The Hall–Kier alpha value is -1.64. The van der Waals surface area contributed by atoms with Gasteiger partial charge in [0.1, 0.15) is 11.2 Å². The van der Waals surface area contributed by atoms with Gasteiger partial charge < -0.3 is 36.4 Å². The van der Waals surface area contributed by atoms with E-state index < -0.39 is 23.7 Å². The number of nitrogens with two attached hydrogens (primary N) is 1. The third-order valence-corrected chi connectivity index (χ3v) is 16.5. The van der Waals surface area contributed by atoms with Crippen LogP contribution in [-0.4, -0.2) is 83.7 Å². The van der Waals surface area contributed by atoms with E-state index >= 15 is 0 Å². The van der Waals surface area contributed by atoms with Gasteiger partial charge in [-0.3, -0.25) is 9.59 Å². The Morgan fingerprint density at radius 3 is 2.51 bits per heavy atom. The number of ketones is 2. The molecule has 6 unspecified atom stereocenters. The van der Waals surface area contributed by atoms with Crippen LogP contribution in [0, 0.1) is 70.5 Å². The number of Topliss-reactive ketones (excluding diaryl/α,β-unsaturated/α-hetero) is 2. The number of ether oxygens (including phenoxy) is 1. The van der Waals surface area contributed by atoms with Gasteiger partial charge in [0.25, 0.3) is 0 Å². The lowest BCUT2D eigenvalue weighted by molar-refractivity contribution is -0.135. The predicted molar refractivity (Wildman–Crippen MR) is 224 cm³/mol. The molecule has 0 aromatic heterocycles. The van der Waals surface area contributed by atoms with E-state index in [0.717, 1.165) is 58.0 Å². The lowest BCUT2D eigenvalue weighted by atomic mass is 9.64. The van der Waals surface area contributed by atoms with Gasteiger partial charge in [0.05, 0.1) is 30.6 Å². The molecule has 0 amide bonds. The van der Waals surface area contributed by atoms with Gasteiger partial charge in [-0.2, -0.15) is 0 Å². The molecule has 6 fully saturated rings. The number of methoxy groups -OCH3 is 1. The number of fused-ring (bicyclic) bond motifs is 2. The van der Waals surface area contributed by atoms with E-state index in [4.69, 9.17) is 10.5 Å². The summed E-state index contributed by atoms with van der Waals surface area (Å²) in [5.74, 6) is 10.8. The molecule has 9 nitrogen and oxygen atoms in total. The van der Waals surface area contributed by atoms with Gasteiger partial charge in [0, 0.05) is 38.3 Å². The van der Waals surface area contributed by atoms with E-state index in [9.17, 15) is 24.9 Å². The third kappa shape index (κ3) is 11.0. The summed E-state index contributed by atoms with van der Waals surface area (Å²) in [6, 6.07) is 0.357. The fourth-order valence-electron chi connectivity index (χ4n) is 12.9. The van der Waals surface area contributed by atoms with Crippen LogP contribution in [0.2, 0.25) is 0 Å². The monoisotopic (exact) mass is 792 g/mol. The van der Waals surface area contributed by atoms with Crippen molar-refractivity contribution in [3.8, 4) is 11.8 Å². The van der Waals surface area contributed by atoms with Crippen molar-refractivity contribution < 1.29 is 29.6 Å². The van der Waals surface area contributed by atoms with Crippen LogP contribution in [0.25, 0.3) is 0 Å². The molecule has 2 aliphatic heterocycles. The number of carbonyl (C=O) groups excluding carboxylic acids is 2. The molecule has 7 N–H and O–H groups in total. The highest BCUT2D eigenvalue weighted by Gasteiger charge is 2.49. The van der Waals surface area contributed by atoms with Crippen LogP contribution in [0.5, 0.6) is 0 Å². The first-order chi connectivity index (χ1) is 27.6. The zero-order chi connectivity index (χ0) is 39.9. The van der Waals surface area contributed by atoms with E-state index in [1.165, 1.54) is 38.5 Å². The second-order valence-corrected chi connectivity index (χ2v) is 20.2. The molecular formula is C48H77N3O6. The van der Waals surface area contributed by atoms with Crippen molar-refractivity contribution >= 4 is 11.6 Å². The molecule has 0 aromatic rings. The smallest absolute Gasteiger partial charge is 0.153 e. The van der Waals surface area contributed by atoms with Crippen molar-refractivity contribution in [3.63, 3.8) is 0 Å². The van der Waals surface area contributed by atoms with Crippen LogP contribution in [0.3, 0.4) is 0 Å². The summed E-state index contributed by atoms with van der Waals surface area (Å²) in [6.45, 7) is 1.88. The van der Waals surface area contributed by atoms with E-state index in [1.807, 2.05) is 0 Å². The van der Waals surface area contributed by atoms with E-state index in [0.29, 0.717) is 106 Å². The normalized spacial score (nSPS) is 41.9. The highest BCUT2D eigenvalue weighted by molar-refractivity contribution is 5.89. The number of allylic oxidation sites excluding steroid dienone is 2. The van der Waals surface area contributed by atoms with E-state index in [-0.39, 0.29) is 41.7 Å². The molecule has 0 radical (unpaired) electrons. The Morgan fingerprint density at radius 2 is 1.72 bits per heavy atom. The molecule has 0 aromatic carbocycles. The Labute approximate surface area is 343 Å². The number of rotatable bonds is 12. The number of aliphatic hydroxyl groups excluding tert-OH is 3. The number of nitrogens with one attached hydrogen (secondary N) is 2. The summed E-state index contributed by atoms with van der Waals surface area (Å²) in [4.78, 5) is 26.3. The number of carbonyl (C=O) groups is 2. The van der Waals surface area contributed by atoms with Crippen LogP contribution in [-0.2, 0) is 14.3 Å². The summed E-state index contributed by atoms with van der Waals surface area (Å²) in [5.41, 5.74) is 5.34. The molecular weight excluding hydrogens is 715 g/mol. The summed E-state index contributed by atoms with van der Waals surface area (Å²) < 4.78 is 5.74. The molecule has 57 heavy (non-hydrogen) atoms. The standard InChI is InChI=1S/C48H77N3O6/c1-57-44-26-37-13-16-45(55)48(20-17-32(24-46(48)56)7-8-33-23-38-12-15-40(53)28-42(38)51-30-33)21-18-34(41(37)29-43(44)54)11-14-39(52)25-35(36-19-22-50-47(49)27-36)10-9-31-5-3-2-4-6-31/h9-10,31-39,41-44,46-47,50-52,54,56H,2-8,11-17,19-20,22-30,49H2,1H3/t32-,33+,34-,35-,36?,37?,38-,39-,41?,42+,43?,44?,46+,47?,48+/m0/s1. The summed E-state index contributed by atoms with van der Waals surface area (Å²) in [6.07, 6.45) is 23.6. The van der Waals surface area contributed by atoms with Crippen LogP contribution >= 0.6 is 0 Å². The molecule has 4 saturated carbocycles. The number of piperidine rings is 2. The van der Waals surface area contributed by atoms with Gasteiger partial charge in [-0.05, 0) is 163 Å². The number of hydrogen-bond donors (Lipinski definition) is 6. The fraction of sp³-hybridized carbons (Fsp3) is 0.875. The second kappa shape index (κ2) is 20.3. The minimum absolute atomic E-state index is 0.000709. The Morgan fingerprint density at radius 1 is 0.912 bits per heavy atom. The lowest BCUT2D eigenvalue weighted by Gasteiger charge is -2.42. The van der Waals surface area contributed by atoms with Crippen molar-refractivity contribution in [2.75, 3.05) is 20.2 Å². The molecule has 9 heteroatoms. The highest BCUT2D eigenvalue weighted by Crippen LogP contribution is 2.47. The largest absolute Gasteiger partial charge is 0.393 e. The average Bonchev–Trinajstić information content (AvgIpc) is 3.26. The zero-order valence-electron chi connectivity index (χ0n) is 35.1. The molecule has 7 rings (SSSR count). The van der Waals surface area contributed by atoms with E-state index in [2.05, 4.69) is 34.6 Å². The summed E-state index contributed by atoms with van der Waals surface area (Å²) >= 11 is 0. The molecule has 1 spiro atoms. The van der Waals surface area contributed by atoms with Gasteiger partial charge in [0.2, 0.25) is 0 Å². The predicted octanol–water partition coefficient (Wildman–Crippen LogP) is 6.21. The van der Waals surface area contributed by atoms with Gasteiger partial charge in [-0.15, -0.1) is 0 Å². The van der Waals surface area contributed by atoms with Crippen molar-refractivity contribution in [3.05, 3.63) is 12.2 Å². The maximum atomic E-state index is 14.3. The maximum Gasteiger partial charge on any atom is 0.153 e. The lowest BCUT2D eigenvalue weighted by Crippen LogP contribution is -2.49. The molecule has 15 atom stereocenters. The third-order valence-electron chi connectivity index (χ3n) is 16.5. The SMILES string of the molecule is COC1CC2CCC(=O)[C@]3(C#C[C@H](CC[C@H](O)C[C@H](C=CC4CCCCC4)C4CCNC(N)C4)C2CC1O)CC[C@H](CC[C@H]1CN[C@@H]2CC(=O)CC[C@H]2C1)C[C@H]3O. The topological polar surface area (TPSA) is 154 Å². The maximum absolute atomic E-state index is 14.3. The molecule has 5 aliphatic carbocycles. The van der Waals surface area contributed by atoms with Gasteiger partial charge in [0.15, 0.2) is 5.78 Å². The van der Waals surface area contributed by atoms with Gasteiger partial charge >= 0.3 is 0 Å². The molecule has 320 valence electrons. The molecule has 2 saturated heterocycles. The minimum Gasteiger partial charge on any atom is -0.393 e. The Bertz CT molecular complexity index is 1420.